The Morgan fingerprint density at radius 1 is 1.12 bits per heavy atom. The van der Waals surface area contributed by atoms with Gasteiger partial charge < -0.3 is 29.2 Å². The van der Waals surface area contributed by atoms with Gasteiger partial charge in [0.2, 0.25) is 17.7 Å². The van der Waals surface area contributed by atoms with Gasteiger partial charge in [-0.15, -0.1) is 0 Å². The largest absolute Gasteiger partial charge is 0.483 e. The van der Waals surface area contributed by atoms with Gasteiger partial charge in [-0.1, -0.05) is 25.0 Å². The maximum Gasteiger partial charge on any atom is 0.332 e. The standard InChI is InChI=1S/C38H50N4O8/c1-7-48-35(46)38-20-25(38)14-12-10-8-9-11-13-24(19-30(43)49-36(3,4)5)34(45)42-22-37(21-28(42)33(44)41-38)18-17-26-31-27(15-16-29(40-31)47-6)39-23(2)32(26)50-37/h12,14-16,24-25,28H,7-11,13,17-22H2,1-6H3,(H,41,44)/b14-12-/t24-,25-,28+,37-,38-/m1/s1. The van der Waals surface area contributed by atoms with Crippen LogP contribution in [0.3, 0.4) is 0 Å². The van der Waals surface area contributed by atoms with E-state index in [1.54, 1.807) is 45.8 Å². The lowest BCUT2D eigenvalue weighted by atomic mass is 9.88. The van der Waals surface area contributed by atoms with Gasteiger partial charge in [-0.3, -0.25) is 14.4 Å². The van der Waals surface area contributed by atoms with Gasteiger partial charge in [-0.05, 0) is 79.2 Å². The second-order valence-corrected chi connectivity index (χ2v) is 15.2. The summed E-state index contributed by atoms with van der Waals surface area (Å²) < 4.78 is 23.3. The number of methoxy groups -OCH3 is 1. The first-order valence-corrected chi connectivity index (χ1v) is 18.0. The zero-order chi connectivity index (χ0) is 35.8. The molecule has 1 aliphatic carbocycles. The van der Waals surface area contributed by atoms with E-state index in [9.17, 15) is 19.2 Å². The highest BCUT2D eigenvalue weighted by atomic mass is 16.6. The number of ether oxygens (including phenoxy) is 4. The quantitative estimate of drug-likeness (QED) is 0.339. The molecule has 1 saturated heterocycles. The van der Waals surface area contributed by atoms with Gasteiger partial charge in [0.15, 0.2) is 0 Å². The van der Waals surface area contributed by atoms with E-state index in [1.807, 2.05) is 19.1 Å². The Kier molecular flexibility index (Phi) is 9.85. The number of amides is 2. The van der Waals surface area contributed by atoms with Crippen LogP contribution < -0.4 is 14.8 Å². The molecule has 0 radical (unpaired) electrons. The molecule has 0 bridgehead atoms. The second kappa shape index (κ2) is 13.8. The summed E-state index contributed by atoms with van der Waals surface area (Å²) in [6.45, 7) is 9.36. The van der Waals surface area contributed by atoms with Gasteiger partial charge in [-0.25, -0.2) is 14.8 Å². The Hall–Kier alpha value is -4.22. The number of pyridine rings is 2. The van der Waals surface area contributed by atoms with Crippen LogP contribution in [0.25, 0.3) is 11.0 Å². The molecule has 1 spiro atoms. The summed E-state index contributed by atoms with van der Waals surface area (Å²) in [5, 5.41) is 3.05. The molecule has 4 aliphatic rings. The minimum Gasteiger partial charge on any atom is -0.483 e. The molecule has 12 heteroatoms. The van der Waals surface area contributed by atoms with Crippen molar-refractivity contribution in [2.45, 2.75) is 122 Å². The molecule has 5 atom stereocenters. The molecule has 1 saturated carbocycles. The summed E-state index contributed by atoms with van der Waals surface area (Å²) in [6.07, 6.45) is 9.57. The van der Waals surface area contributed by atoms with Gasteiger partial charge in [-0.2, -0.15) is 0 Å². The molecule has 0 aromatic carbocycles. The van der Waals surface area contributed by atoms with Crippen LogP contribution >= 0.6 is 0 Å². The first-order valence-electron chi connectivity index (χ1n) is 18.0. The van der Waals surface area contributed by atoms with Crippen LogP contribution in [0.4, 0.5) is 0 Å². The fraction of sp³-hybridized carbons (Fsp3) is 0.632. The van der Waals surface area contributed by atoms with Crippen LogP contribution in [-0.4, -0.2) is 81.7 Å². The third kappa shape index (κ3) is 7.16. The average molecular weight is 691 g/mol. The van der Waals surface area contributed by atoms with Crippen LogP contribution in [0.5, 0.6) is 11.6 Å². The predicted octanol–water partition coefficient (Wildman–Crippen LogP) is 4.92. The second-order valence-electron chi connectivity index (χ2n) is 15.2. The number of fused-ring (bicyclic) bond motifs is 5. The number of allylic oxidation sites excluding steroid dienone is 1. The number of nitrogens with one attached hydrogen (secondary N) is 1. The lowest BCUT2D eigenvalue weighted by molar-refractivity contribution is -0.159. The maximum atomic E-state index is 14.6. The third-order valence-corrected chi connectivity index (χ3v) is 10.3. The van der Waals surface area contributed by atoms with Crippen LogP contribution in [0.15, 0.2) is 24.3 Å². The molecule has 5 heterocycles. The summed E-state index contributed by atoms with van der Waals surface area (Å²) in [6, 6.07) is 2.72. The van der Waals surface area contributed by atoms with E-state index in [1.165, 1.54) is 0 Å². The Balaban J connectivity index is 1.36. The number of carbonyl (C=O) groups excluding carboxylic acids is 4. The summed E-state index contributed by atoms with van der Waals surface area (Å²) in [5.74, 6) is -1.44. The molecule has 3 aliphatic heterocycles. The third-order valence-electron chi connectivity index (χ3n) is 10.3. The number of hydrogen-bond acceptors (Lipinski definition) is 10. The zero-order valence-electron chi connectivity index (χ0n) is 30.1. The number of esters is 2. The molecule has 2 fully saturated rings. The molecule has 0 unspecified atom stereocenters. The number of aromatic nitrogens is 2. The number of carbonyl (C=O) groups is 4. The van der Waals surface area contributed by atoms with Gasteiger partial charge in [0.25, 0.3) is 0 Å². The Labute approximate surface area is 293 Å². The fourth-order valence-corrected chi connectivity index (χ4v) is 7.81. The number of rotatable bonds is 5. The van der Waals surface area contributed by atoms with Crippen molar-refractivity contribution in [2.24, 2.45) is 11.8 Å². The average Bonchev–Trinajstić information content (AvgIpc) is 3.64. The maximum absolute atomic E-state index is 14.6. The molecule has 270 valence electrons. The fourth-order valence-electron chi connectivity index (χ4n) is 7.81. The Bertz CT molecular complexity index is 1700. The molecule has 50 heavy (non-hydrogen) atoms. The molecule has 2 aromatic rings. The van der Waals surface area contributed by atoms with Crippen LogP contribution in [0.1, 0.15) is 96.7 Å². The van der Waals surface area contributed by atoms with Gasteiger partial charge in [0.05, 0.1) is 43.4 Å². The van der Waals surface area contributed by atoms with Crippen molar-refractivity contribution in [1.82, 2.24) is 20.2 Å². The van der Waals surface area contributed by atoms with Crippen molar-refractivity contribution >= 4 is 34.8 Å². The molecular formula is C38H50N4O8. The van der Waals surface area contributed by atoms with Crippen molar-refractivity contribution in [3.05, 3.63) is 35.5 Å². The van der Waals surface area contributed by atoms with Gasteiger partial charge in [0.1, 0.15) is 28.5 Å². The molecule has 2 aromatic heterocycles. The number of nitrogens with zero attached hydrogens (tertiary/aromatic N) is 3. The van der Waals surface area contributed by atoms with Crippen molar-refractivity contribution < 1.29 is 38.1 Å². The number of aryl methyl sites for hydroxylation is 2. The SMILES string of the molecule is CCOC(=O)[C@@]12C[C@H]1/C=C\CCCCC[C@H](CC(=O)OC(C)(C)C)C(=O)N1C[C@@]3(CCc4c(c(C)nc5ccc(OC)nc45)O3)C[C@H]1C(=O)N2. The lowest BCUT2D eigenvalue weighted by Crippen LogP contribution is -2.54. The highest BCUT2D eigenvalue weighted by Crippen LogP contribution is 2.48. The van der Waals surface area contributed by atoms with E-state index < -0.39 is 46.5 Å². The summed E-state index contributed by atoms with van der Waals surface area (Å²) in [7, 11) is 1.57. The first kappa shape index (κ1) is 35.6. The molecule has 6 rings (SSSR count). The van der Waals surface area contributed by atoms with Crippen molar-refractivity contribution in [3.63, 3.8) is 0 Å². The molecular weight excluding hydrogens is 640 g/mol. The van der Waals surface area contributed by atoms with E-state index in [2.05, 4.69) is 16.4 Å². The van der Waals surface area contributed by atoms with E-state index in [0.717, 1.165) is 36.8 Å². The highest BCUT2D eigenvalue weighted by molar-refractivity contribution is 5.96. The summed E-state index contributed by atoms with van der Waals surface area (Å²) in [5.41, 5.74) is 0.247. The van der Waals surface area contributed by atoms with Gasteiger partial charge in [0, 0.05) is 29.9 Å². The van der Waals surface area contributed by atoms with E-state index in [0.29, 0.717) is 48.5 Å². The normalized spacial score (nSPS) is 29.0. The molecule has 12 nitrogen and oxygen atoms in total. The Morgan fingerprint density at radius 3 is 2.66 bits per heavy atom. The van der Waals surface area contributed by atoms with Crippen molar-refractivity contribution in [1.29, 1.82) is 0 Å². The smallest absolute Gasteiger partial charge is 0.332 e. The zero-order valence-corrected chi connectivity index (χ0v) is 30.1. The lowest BCUT2D eigenvalue weighted by Gasteiger charge is -2.36. The van der Waals surface area contributed by atoms with Crippen LogP contribution in [0.2, 0.25) is 0 Å². The monoisotopic (exact) mass is 690 g/mol. The van der Waals surface area contributed by atoms with Crippen LogP contribution in [-0.2, 0) is 35.1 Å². The summed E-state index contributed by atoms with van der Waals surface area (Å²) in [4.78, 5) is 66.5. The topological polar surface area (TPSA) is 146 Å². The molecule has 2 amide bonds. The minimum atomic E-state index is -1.19. The minimum absolute atomic E-state index is 0.0884. The van der Waals surface area contributed by atoms with E-state index in [4.69, 9.17) is 23.9 Å². The molecule has 1 N–H and O–H groups in total. The summed E-state index contributed by atoms with van der Waals surface area (Å²) >= 11 is 0. The Morgan fingerprint density at radius 2 is 1.92 bits per heavy atom. The van der Waals surface area contributed by atoms with Gasteiger partial charge >= 0.3 is 11.9 Å². The van der Waals surface area contributed by atoms with E-state index >= 15 is 0 Å². The highest BCUT2D eigenvalue weighted by Gasteiger charge is 2.63. The first-order chi connectivity index (χ1) is 23.8. The van der Waals surface area contributed by atoms with Crippen molar-refractivity contribution in [2.75, 3.05) is 20.3 Å². The van der Waals surface area contributed by atoms with Crippen molar-refractivity contribution in [3.8, 4) is 11.6 Å². The number of hydrogen-bond donors (Lipinski definition) is 1. The van der Waals surface area contributed by atoms with E-state index in [-0.39, 0.29) is 37.8 Å². The predicted molar refractivity (Wildman–Crippen MR) is 184 cm³/mol. The van der Waals surface area contributed by atoms with Crippen LogP contribution in [0, 0.1) is 18.8 Å².